The molecule has 1 aromatic heterocycles. The van der Waals surface area contributed by atoms with E-state index in [9.17, 15) is 41.0 Å². The van der Waals surface area contributed by atoms with Gasteiger partial charge in [-0.05, 0) is 81.9 Å². The highest BCUT2D eigenvalue weighted by Crippen LogP contribution is 2.37. The predicted octanol–water partition coefficient (Wildman–Crippen LogP) is 5.26. The molecule has 7 nitrogen and oxygen atoms in total. The van der Waals surface area contributed by atoms with Crippen molar-refractivity contribution in [3.05, 3.63) is 47.9 Å². The molecule has 4 rings (SSSR count). The Morgan fingerprint density at radius 3 is 2.38 bits per heavy atom. The predicted molar refractivity (Wildman–Crippen MR) is 132 cm³/mol. The van der Waals surface area contributed by atoms with Crippen molar-refractivity contribution >= 4 is 11.9 Å². The number of carbonyl (C=O) groups excluding carboxylic acids is 1. The van der Waals surface area contributed by atoms with Crippen molar-refractivity contribution < 1.29 is 45.8 Å². The molecule has 2 saturated heterocycles. The van der Waals surface area contributed by atoms with E-state index in [2.05, 4.69) is 4.98 Å². The number of aliphatic carboxylic acids is 1. The molecule has 1 unspecified atom stereocenters. The monoisotopic (exact) mass is 573 g/mol. The topological polar surface area (TPSA) is 83.0 Å². The zero-order valence-corrected chi connectivity index (χ0v) is 21.7. The van der Waals surface area contributed by atoms with Gasteiger partial charge in [-0.15, -0.1) is 0 Å². The lowest BCUT2D eigenvalue weighted by Crippen LogP contribution is -2.50. The smallest absolute Gasteiger partial charge is 0.454 e. The minimum absolute atomic E-state index is 0.0310. The van der Waals surface area contributed by atoms with Crippen molar-refractivity contribution in [2.45, 2.75) is 50.2 Å². The van der Waals surface area contributed by atoms with Crippen LogP contribution in [-0.4, -0.2) is 82.2 Å². The van der Waals surface area contributed by atoms with Crippen molar-refractivity contribution in [2.75, 3.05) is 32.8 Å². The third-order valence-electron chi connectivity index (χ3n) is 7.61. The maximum atomic E-state index is 15.0. The van der Waals surface area contributed by atoms with Crippen molar-refractivity contribution in [1.29, 1.82) is 0 Å². The van der Waals surface area contributed by atoms with Crippen molar-refractivity contribution in [2.24, 2.45) is 5.92 Å². The molecule has 2 aliphatic heterocycles. The van der Waals surface area contributed by atoms with Gasteiger partial charge < -0.3 is 14.7 Å². The van der Waals surface area contributed by atoms with Gasteiger partial charge in [0.25, 0.3) is 5.91 Å². The Kier molecular flexibility index (Phi) is 8.34. The molecule has 1 atom stereocenters. The highest BCUT2D eigenvalue weighted by Gasteiger charge is 2.58. The van der Waals surface area contributed by atoms with Gasteiger partial charge in [-0.3, -0.25) is 14.7 Å². The third-order valence-corrected chi connectivity index (χ3v) is 7.61. The number of hydrogen-bond acceptors (Lipinski definition) is 5. The van der Waals surface area contributed by atoms with E-state index in [1.54, 1.807) is 6.07 Å². The number of halogens is 6. The van der Waals surface area contributed by atoms with Crippen LogP contribution in [0.4, 0.5) is 26.3 Å². The molecule has 0 spiro atoms. The highest BCUT2D eigenvalue weighted by molar-refractivity contribution is 5.98. The van der Waals surface area contributed by atoms with Gasteiger partial charge in [0.2, 0.25) is 0 Å². The molecule has 40 heavy (non-hydrogen) atoms. The van der Waals surface area contributed by atoms with Crippen LogP contribution >= 0.6 is 0 Å². The van der Waals surface area contributed by atoms with Gasteiger partial charge in [-0.1, -0.05) is 0 Å². The zero-order valence-electron chi connectivity index (χ0n) is 21.7. The summed E-state index contributed by atoms with van der Waals surface area (Å²) < 4.78 is 84.5. The summed E-state index contributed by atoms with van der Waals surface area (Å²) in [6.45, 7) is 0.801. The molecule has 0 radical (unpaired) electrons. The lowest BCUT2D eigenvalue weighted by Gasteiger charge is -2.34. The number of benzene rings is 1. The van der Waals surface area contributed by atoms with E-state index < -0.39 is 41.9 Å². The van der Waals surface area contributed by atoms with Gasteiger partial charge in [0.1, 0.15) is 17.1 Å². The number of piperidine rings is 1. The number of pyridine rings is 1. The molecule has 0 aliphatic carbocycles. The standard InChI is InChI=1S/C27H29F6N3O4/c1-25(24(38)39)9-2-10-36(25)23(37)18-3-5-20(21(28)13-18)22-6-4-19(14-34-22)40-15-17-7-11-35(12-8-17)16-26(29,30)27(31,32)33/h3-6,13-14,17H,2,7-12,15-16H2,1H3,(H,38,39). The lowest BCUT2D eigenvalue weighted by atomic mass is 9.97. The van der Waals surface area contributed by atoms with Crippen molar-refractivity contribution in [3.63, 3.8) is 0 Å². The van der Waals surface area contributed by atoms with Gasteiger partial charge in [-0.25, -0.2) is 9.18 Å². The lowest BCUT2D eigenvalue weighted by molar-refractivity contribution is -0.287. The summed E-state index contributed by atoms with van der Waals surface area (Å²) in [6.07, 6.45) is -2.54. The first-order valence-electron chi connectivity index (χ1n) is 12.8. The van der Waals surface area contributed by atoms with Crippen LogP contribution in [0.25, 0.3) is 11.3 Å². The second kappa shape index (κ2) is 11.3. The quantitative estimate of drug-likeness (QED) is 0.435. The summed E-state index contributed by atoms with van der Waals surface area (Å²) in [7, 11) is 0. The zero-order chi connectivity index (χ0) is 29.3. The number of carboxylic acid groups (broad SMARTS) is 1. The second-order valence-corrected chi connectivity index (χ2v) is 10.4. The molecule has 2 aromatic rings. The van der Waals surface area contributed by atoms with Crippen LogP contribution in [0, 0.1) is 11.7 Å². The summed E-state index contributed by atoms with van der Waals surface area (Å²) >= 11 is 0. The Bertz CT molecular complexity index is 1230. The van der Waals surface area contributed by atoms with E-state index in [1.165, 1.54) is 36.2 Å². The average Bonchev–Trinajstić information content (AvgIpc) is 3.30. The maximum absolute atomic E-state index is 15.0. The number of amides is 1. The van der Waals surface area contributed by atoms with Gasteiger partial charge in [0.15, 0.2) is 0 Å². The summed E-state index contributed by atoms with van der Waals surface area (Å²) in [5.41, 5.74) is -0.904. The van der Waals surface area contributed by atoms with E-state index >= 15 is 0 Å². The number of carboxylic acids is 1. The fourth-order valence-corrected chi connectivity index (χ4v) is 5.04. The van der Waals surface area contributed by atoms with Crippen molar-refractivity contribution in [1.82, 2.24) is 14.8 Å². The number of rotatable bonds is 8. The summed E-state index contributed by atoms with van der Waals surface area (Å²) in [4.78, 5) is 31.2. The maximum Gasteiger partial charge on any atom is 0.454 e. The highest BCUT2D eigenvalue weighted by atomic mass is 19.4. The Hall–Kier alpha value is -3.35. The molecule has 1 amide bonds. The molecule has 1 N–H and O–H groups in total. The molecule has 1 aromatic carbocycles. The number of hydrogen-bond donors (Lipinski definition) is 1. The van der Waals surface area contributed by atoms with Gasteiger partial charge >= 0.3 is 18.1 Å². The number of ether oxygens (including phenoxy) is 1. The fourth-order valence-electron chi connectivity index (χ4n) is 5.04. The molecular formula is C27H29F6N3O4. The second-order valence-electron chi connectivity index (χ2n) is 10.4. The van der Waals surface area contributed by atoms with E-state index in [0.29, 0.717) is 31.4 Å². The van der Waals surface area contributed by atoms with E-state index in [0.717, 1.165) is 11.0 Å². The van der Waals surface area contributed by atoms with Gasteiger partial charge in [-0.2, -0.15) is 22.0 Å². The molecule has 3 heterocycles. The van der Waals surface area contributed by atoms with Crippen molar-refractivity contribution in [3.8, 4) is 17.0 Å². The minimum atomic E-state index is -5.58. The fraction of sp³-hybridized carbons (Fsp3) is 0.519. The van der Waals surface area contributed by atoms with Crippen LogP contribution < -0.4 is 4.74 Å². The SMILES string of the molecule is CC1(C(=O)O)CCCN1C(=O)c1ccc(-c2ccc(OCC3CCN(CC(F)(F)C(F)(F)F)CC3)cn2)c(F)c1. The van der Waals surface area contributed by atoms with Crippen LogP contribution in [0.2, 0.25) is 0 Å². The normalized spacial score (nSPS) is 21.0. The van der Waals surface area contributed by atoms with Gasteiger partial charge in [0.05, 0.1) is 25.0 Å². The summed E-state index contributed by atoms with van der Waals surface area (Å²) in [5.74, 6) is -6.79. The Morgan fingerprint density at radius 2 is 1.80 bits per heavy atom. The molecule has 2 aliphatic rings. The number of likely N-dealkylation sites (tertiary alicyclic amines) is 2. The van der Waals surface area contributed by atoms with E-state index in [-0.39, 0.29) is 49.0 Å². The van der Waals surface area contributed by atoms with Crippen LogP contribution in [0.15, 0.2) is 36.5 Å². The molecule has 13 heteroatoms. The Balaban J connectivity index is 1.31. The van der Waals surface area contributed by atoms with E-state index in [4.69, 9.17) is 4.74 Å². The summed E-state index contributed by atoms with van der Waals surface area (Å²) in [5, 5.41) is 9.55. The van der Waals surface area contributed by atoms with Crippen LogP contribution in [0.1, 0.15) is 43.0 Å². The van der Waals surface area contributed by atoms with Gasteiger partial charge in [0, 0.05) is 17.7 Å². The molecular weight excluding hydrogens is 544 g/mol. The average molecular weight is 574 g/mol. The van der Waals surface area contributed by atoms with E-state index in [1.807, 2.05) is 0 Å². The molecule has 218 valence electrons. The Morgan fingerprint density at radius 1 is 1.10 bits per heavy atom. The molecule has 0 saturated carbocycles. The Labute approximate surface area is 226 Å². The molecule has 0 bridgehead atoms. The number of carbonyl (C=O) groups is 2. The van der Waals surface area contributed by atoms with Crippen LogP contribution in [0.5, 0.6) is 5.75 Å². The molecule has 2 fully saturated rings. The first-order valence-corrected chi connectivity index (χ1v) is 12.8. The first kappa shape index (κ1) is 29.6. The van der Waals surface area contributed by atoms with Crippen LogP contribution in [-0.2, 0) is 4.79 Å². The third kappa shape index (κ3) is 6.18. The first-order chi connectivity index (χ1) is 18.7. The van der Waals surface area contributed by atoms with Crippen LogP contribution in [0.3, 0.4) is 0 Å². The minimum Gasteiger partial charge on any atom is -0.492 e. The number of nitrogens with zero attached hydrogens (tertiary/aromatic N) is 3. The number of alkyl halides is 5. The largest absolute Gasteiger partial charge is 0.492 e. The summed E-state index contributed by atoms with van der Waals surface area (Å²) in [6, 6.07) is 6.97. The number of aromatic nitrogens is 1.